The average Bonchev–Trinajstić information content (AvgIpc) is 3.18. The molecule has 1 aromatic heterocycles. The van der Waals surface area contributed by atoms with Gasteiger partial charge in [-0.25, -0.2) is 0 Å². The Bertz CT molecular complexity index is 828. The number of carbonyl (C=O) groups excluding carboxylic acids is 1. The first kappa shape index (κ1) is 19.8. The third-order valence-electron chi connectivity index (χ3n) is 5.77. The van der Waals surface area contributed by atoms with Crippen molar-refractivity contribution in [3.8, 4) is 5.75 Å². The normalized spacial score (nSPS) is 19.3. The molecule has 4 rings (SSSR count). The van der Waals surface area contributed by atoms with Crippen LogP contribution in [0.15, 0.2) is 24.3 Å². The van der Waals surface area contributed by atoms with E-state index in [4.69, 9.17) is 4.74 Å². The maximum Gasteiger partial charge on any atom is 0.237 e. The molecule has 8 nitrogen and oxygen atoms in total. The van der Waals surface area contributed by atoms with E-state index in [1.54, 1.807) is 7.11 Å². The predicted octanol–water partition coefficient (Wildman–Crippen LogP) is 1.58. The van der Waals surface area contributed by atoms with Crippen LogP contribution in [-0.4, -0.2) is 64.3 Å². The molecule has 0 aliphatic carbocycles. The number of methoxy groups -OCH3 is 1. The van der Waals surface area contributed by atoms with Crippen molar-refractivity contribution in [3.63, 3.8) is 0 Å². The molecule has 1 amide bonds. The minimum atomic E-state index is 0.132. The first-order valence-electron chi connectivity index (χ1n) is 10.4. The summed E-state index contributed by atoms with van der Waals surface area (Å²) >= 11 is 0. The van der Waals surface area contributed by atoms with Crippen LogP contribution in [0, 0.1) is 0 Å². The van der Waals surface area contributed by atoms with Crippen LogP contribution in [0.5, 0.6) is 5.75 Å². The van der Waals surface area contributed by atoms with Gasteiger partial charge in [0.15, 0.2) is 5.82 Å². The number of hydrogen-bond donors (Lipinski definition) is 1. The highest BCUT2D eigenvalue weighted by Crippen LogP contribution is 2.24. The standard InChI is InChI=1S/C21H30N6O2/c1-25(13-16-6-8-17(29-2)9-7-16)15-20(28)26-11-12-27-19(14-26)23-24-21(27)18-5-3-4-10-22-18/h6-9,18,22H,3-5,10-15H2,1-2H3/t18-/m0/s1. The van der Waals surface area contributed by atoms with Crippen molar-refractivity contribution in [2.75, 3.05) is 33.8 Å². The summed E-state index contributed by atoms with van der Waals surface area (Å²) in [5, 5.41) is 12.4. The Kier molecular flexibility index (Phi) is 6.10. The number of likely N-dealkylation sites (N-methyl/N-ethyl adjacent to an activating group) is 1. The number of rotatable bonds is 6. The van der Waals surface area contributed by atoms with Crippen molar-refractivity contribution < 1.29 is 9.53 Å². The molecule has 2 aliphatic heterocycles. The molecule has 0 spiro atoms. The van der Waals surface area contributed by atoms with E-state index in [-0.39, 0.29) is 5.91 Å². The third kappa shape index (κ3) is 4.59. The SMILES string of the molecule is COc1ccc(CN(C)CC(=O)N2CCn3c(nnc3[C@@H]3CCCCN3)C2)cc1. The van der Waals surface area contributed by atoms with Gasteiger partial charge in [-0.3, -0.25) is 9.69 Å². The number of nitrogens with zero attached hydrogens (tertiary/aromatic N) is 5. The molecule has 1 atom stereocenters. The number of aromatic nitrogens is 3. The van der Waals surface area contributed by atoms with Gasteiger partial charge in [-0.1, -0.05) is 18.6 Å². The summed E-state index contributed by atoms with van der Waals surface area (Å²) < 4.78 is 7.40. The molecule has 0 radical (unpaired) electrons. The minimum Gasteiger partial charge on any atom is -0.497 e. The second kappa shape index (κ2) is 8.92. The Hall–Kier alpha value is -2.45. The summed E-state index contributed by atoms with van der Waals surface area (Å²) in [6, 6.07) is 8.25. The minimum absolute atomic E-state index is 0.132. The van der Waals surface area contributed by atoms with Gasteiger partial charge in [0.25, 0.3) is 0 Å². The lowest BCUT2D eigenvalue weighted by Crippen LogP contribution is -2.43. The molecular formula is C21H30N6O2. The summed E-state index contributed by atoms with van der Waals surface area (Å²) in [6.07, 6.45) is 3.56. The monoisotopic (exact) mass is 398 g/mol. The maximum atomic E-state index is 12.8. The molecule has 3 heterocycles. The highest BCUT2D eigenvalue weighted by Gasteiger charge is 2.28. The molecule has 0 unspecified atom stereocenters. The van der Waals surface area contributed by atoms with E-state index in [0.717, 1.165) is 49.0 Å². The molecule has 1 saturated heterocycles. The van der Waals surface area contributed by atoms with E-state index in [1.165, 1.54) is 12.8 Å². The molecule has 156 valence electrons. The second-order valence-corrected chi connectivity index (χ2v) is 7.96. The van der Waals surface area contributed by atoms with Crippen LogP contribution in [-0.2, 0) is 24.4 Å². The van der Waals surface area contributed by atoms with Crippen LogP contribution < -0.4 is 10.1 Å². The van der Waals surface area contributed by atoms with Crippen LogP contribution >= 0.6 is 0 Å². The van der Waals surface area contributed by atoms with Crippen LogP contribution in [0.25, 0.3) is 0 Å². The average molecular weight is 399 g/mol. The summed E-state index contributed by atoms with van der Waals surface area (Å²) in [7, 11) is 3.63. The zero-order valence-electron chi connectivity index (χ0n) is 17.3. The van der Waals surface area contributed by atoms with E-state index >= 15 is 0 Å². The van der Waals surface area contributed by atoms with Crippen LogP contribution in [0.1, 0.15) is 42.5 Å². The Morgan fingerprint density at radius 1 is 1.24 bits per heavy atom. The van der Waals surface area contributed by atoms with Crippen molar-refractivity contribution in [2.45, 2.75) is 44.9 Å². The molecule has 0 bridgehead atoms. The van der Waals surface area contributed by atoms with E-state index in [0.29, 0.717) is 25.7 Å². The molecule has 2 aliphatic rings. The van der Waals surface area contributed by atoms with Crippen LogP contribution in [0.4, 0.5) is 0 Å². The van der Waals surface area contributed by atoms with Gasteiger partial charge in [0.1, 0.15) is 11.6 Å². The first-order valence-corrected chi connectivity index (χ1v) is 10.4. The number of piperidine rings is 1. The van der Waals surface area contributed by atoms with E-state index in [2.05, 4.69) is 20.1 Å². The lowest BCUT2D eigenvalue weighted by Gasteiger charge is -2.31. The summed E-state index contributed by atoms with van der Waals surface area (Å²) in [5.41, 5.74) is 1.16. The number of hydrogen-bond acceptors (Lipinski definition) is 6. The van der Waals surface area contributed by atoms with Crippen LogP contribution in [0.2, 0.25) is 0 Å². The van der Waals surface area contributed by atoms with Crippen molar-refractivity contribution in [3.05, 3.63) is 41.5 Å². The lowest BCUT2D eigenvalue weighted by atomic mass is 10.0. The molecule has 8 heteroatoms. The fourth-order valence-corrected chi connectivity index (χ4v) is 4.15. The molecular weight excluding hydrogens is 368 g/mol. The third-order valence-corrected chi connectivity index (χ3v) is 5.77. The Morgan fingerprint density at radius 3 is 2.79 bits per heavy atom. The highest BCUT2D eigenvalue weighted by molar-refractivity contribution is 5.78. The molecule has 1 fully saturated rings. The van der Waals surface area contributed by atoms with Gasteiger partial charge in [0, 0.05) is 19.6 Å². The van der Waals surface area contributed by atoms with Gasteiger partial charge < -0.3 is 19.5 Å². The Labute approximate surface area is 171 Å². The zero-order chi connectivity index (χ0) is 20.2. The maximum absolute atomic E-state index is 12.8. The number of ether oxygens (including phenoxy) is 1. The smallest absolute Gasteiger partial charge is 0.237 e. The van der Waals surface area contributed by atoms with Gasteiger partial charge in [-0.15, -0.1) is 10.2 Å². The topological polar surface area (TPSA) is 75.5 Å². The van der Waals surface area contributed by atoms with E-state index in [9.17, 15) is 4.79 Å². The molecule has 2 aromatic rings. The fraction of sp³-hybridized carbons (Fsp3) is 0.571. The Balaban J connectivity index is 1.32. The quantitative estimate of drug-likeness (QED) is 0.796. The summed E-state index contributed by atoms with van der Waals surface area (Å²) in [5.74, 6) is 2.90. The number of amides is 1. The number of nitrogens with one attached hydrogen (secondary N) is 1. The molecule has 1 aromatic carbocycles. The summed E-state index contributed by atoms with van der Waals surface area (Å²) in [6.45, 7) is 4.16. The van der Waals surface area contributed by atoms with Crippen molar-refractivity contribution >= 4 is 5.91 Å². The number of carbonyl (C=O) groups is 1. The lowest BCUT2D eigenvalue weighted by molar-refractivity contribution is -0.133. The molecule has 29 heavy (non-hydrogen) atoms. The van der Waals surface area contributed by atoms with Crippen molar-refractivity contribution in [1.82, 2.24) is 29.9 Å². The van der Waals surface area contributed by atoms with E-state index < -0.39 is 0 Å². The van der Waals surface area contributed by atoms with Gasteiger partial charge >= 0.3 is 0 Å². The van der Waals surface area contributed by atoms with E-state index in [1.807, 2.05) is 41.1 Å². The highest BCUT2D eigenvalue weighted by atomic mass is 16.5. The van der Waals surface area contributed by atoms with Gasteiger partial charge in [0.2, 0.25) is 5.91 Å². The summed E-state index contributed by atoms with van der Waals surface area (Å²) in [4.78, 5) is 16.7. The van der Waals surface area contributed by atoms with Gasteiger partial charge in [-0.05, 0) is 44.1 Å². The zero-order valence-corrected chi connectivity index (χ0v) is 17.3. The largest absolute Gasteiger partial charge is 0.497 e. The molecule has 1 N–H and O–H groups in total. The van der Waals surface area contributed by atoms with Crippen LogP contribution in [0.3, 0.4) is 0 Å². The first-order chi connectivity index (χ1) is 14.1. The van der Waals surface area contributed by atoms with Crippen molar-refractivity contribution in [1.29, 1.82) is 0 Å². The Morgan fingerprint density at radius 2 is 2.07 bits per heavy atom. The fourth-order valence-electron chi connectivity index (χ4n) is 4.15. The molecule has 0 saturated carbocycles. The van der Waals surface area contributed by atoms with Gasteiger partial charge in [-0.2, -0.15) is 0 Å². The predicted molar refractivity (Wildman–Crippen MR) is 109 cm³/mol. The van der Waals surface area contributed by atoms with Crippen molar-refractivity contribution in [2.24, 2.45) is 0 Å². The second-order valence-electron chi connectivity index (χ2n) is 7.96. The van der Waals surface area contributed by atoms with Gasteiger partial charge in [0.05, 0.1) is 26.2 Å². The number of fused-ring (bicyclic) bond motifs is 1. The number of benzene rings is 1.